The molecule has 194 valence electrons. The molecular formula is C28H37N3O5. The monoisotopic (exact) mass is 495 g/mol. The molecule has 1 aromatic rings. The van der Waals surface area contributed by atoms with Gasteiger partial charge in [0.25, 0.3) is 0 Å². The van der Waals surface area contributed by atoms with Gasteiger partial charge in [0.15, 0.2) is 0 Å². The molecule has 0 aromatic heterocycles. The van der Waals surface area contributed by atoms with E-state index in [0.29, 0.717) is 6.42 Å². The van der Waals surface area contributed by atoms with Crippen molar-refractivity contribution in [1.29, 1.82) is 0 Å². The Morgan fingerprint density at radius 3 is 2.69 bits per heavy atom. The van der Waals surface area contributed by atoms with Crippen molar-refractivity contribution in [3.05, 3.63) is 35.9 Å². The number of likely N-dealkylation sites (N-methyl/N-ethyl adjacent to an activating group) is 1. The van der Waals surface area contributed by atoms with Crippen LogP contribution in [0, 0.1) is 11.3 Å². The lowest BCUT2D eigenvalue weighted by molar-refractivity contribution is -0.217. The zero-order valence-corrected chi connectivity index (χ0v) is 21.6. The van der Waals surface area contributed by atoms with Crippen LogP contribution in [0.5, 0.6) is 5.75 Å². The van der Waals surface area contributed by atoms with E-state index in [2.05, 4.69) is 40.3 Å². The topological polar surface area (TPSA) is 91.3 Å². The molecule has 2 aliphatic carbocycles. The number of ether oxygens (including phenoxy) is 2. The number of nitrogens with zero attached hydrogens (tertiary/aromatic N) is 2. The van der Waals surface area contributed by atoms with E-state index in [1.807, 2.05) is 19.2 Å². The Kier molecular flexibility index (Phi) is 5.26. The van der Waals surface area contributed by atoms with Gasteiger partial charge in [-0.05, 0) is 43.9 Å². The van der Waals surface area contributed by atoms with Gasteiger partial charge in [-0.25, -0.2) is 0 Å². The van der Waals surface area contributed by atoms with Gasteiger partial charge in [0.1, 0.15) is 17.5 Å². The van der Waals surface area contributed by atoms with Crippen molar-refractivity contribution in [2.75, 3.05) is 38.7 Å². The first-order chi connectivity index (χ1) is 17.2. The first-order valence-electron chi connectivity index (χ1n) is 13.2. The predicted molar refractivity (Wildman–Crippen MR) is 135 cm³/mol. The van der Waals surface area contributed by atoms with E-state index >= 15 is 0 Å². The van der Waals surface area contributed by atoms with Crippen molar-refractivity contribution in [2.45, 2.75) is 68.7 Å². The quantitative estimate of drug-likeness (QED) is 0.461. The van der Waals surface area contributed by atoms with Crippen molar-refractivity contribution in [1.82, 2.24) is 10.2 Å². The number of nitrogens with one attached hydrogen (secondary N) is 1. The highest BCUT2D eigenvalue weighted by molar-refractivity contribution is 5.81. The summed E-state index contributed by atoms with van der Waals surface area (Å²) in [6, 6.07) is 5.86. The van der Waals surface area contributed by atoms with Gasteiger partial charge in [-0.3, -0.25) is 14.5 Å². The summed E-state index contributed by atoms with van der Waals surface area (Å²) in [5.74, 6) is 0.331. The number of carbonyl (C=O) groups is 2. The number of carbonyl (C=O) groups excluding carboxylic acids is 2. The SMILES string of the molecule is CC[C@]12C=CCN3CC[C@@]4(c5ccc(OC)cc5N(C)[C@H]4C(O)(CNC(=O)C4CC4)[C@@H]1OC(C)=O)C32. The van der Waals surface area contributed by atoms with Crippen molar-refractivity contribution in [2.24, 2.45) is 11.3 Å². The van der Waals surface area contributed by atoms with Crippen LogP contribution in [0.25, 0.3) is 0 Å². The molecule has 2 N–H and O–H groups in total. The van der Waals surface area contributed by atoms with Gasteiger partial charge in [0, 0.05) is 55.1 Å². The number of aliphatic hydroxyl groups is 1. The first kappa shape index (κ1) is 23.8. The number of amides is 1. The van der Waals surface area contributed by atoms with Gasteiger partial charge in [-0.1, -0.05) is 25.1 Å². The molecule has 3 heterocycles. The summed E-state index contributed by atoms with van der Waals surface area (Å²) >= 11 is 0. The van der Waals surface area contributed by atoms with Gasteiger partial charge >= 0.3 is 5.97 Å². The Labute approximate surface area is 212 Å². The van der Waals surface area contributed by atoms with Crippen molar-refractivity contribution >= 4 is 17.6 Å². The zero-order valence-electron chi connectivity index (χ0n) is 21.6. The molecule has 3 aliphatic heterocycles. The molecular weight excluding hydrogens is 458 g/mol. The van der Waals surface area contributed by atoms with Crippen LogP contribution in [0.3, 0.4) is 0 Å². The summed E-state index contributed by atoms with van der Waals surface area (Å²) in [7, 11) is 3.67. The Morgan fingerprint density at radius 1 is 1.25 bits per heavy atom. The molecule has 6 rings (SSSR count). The largest absolute Gasteiger partial charge is 0.497 e. The molecule has 5 aliphatic rings. The Bertz CT molecular complexity index is 1130. The van der Waals surface area contributed by atoms with E-state index < -0.39 is 34.5 Å². The molecule has 0 bridgehead atoms. The lowest BCUT2D eigenvalue weighted by Crippen LogP contribution is -2.81. The average molecular weight is 496 g/mol. The van der Waals surface area contributed by atoms with Crippen LogP contribution in [0.2, 0.25) is 0 Å². The van der Waals surface area contributed by atoms with Crippen LogP contribution in [-0.4, -0.2) is 79.5 Å². The second-order valence-corrected chi connectivity index (χ2v) is 11.4. The number of hydrogen-bond acceptors (Lipinski definition) is 7. The second-order valence-electron chi connectivity index (χ2n) is 11.4. The fourth-order valence-electron chi connectivity index (χ4n) is 8.36. The maximum Gasteiger partial charge on any atom is 0.303 e. The normalized spacial score (nSPS) is 38.2. The van der Waals surface area contributed by atoms with Gasteiger partial charge < -0.3 is 24.8 Å². The minimum absolute atomic E-state index is 0.0190. The van der Waals surface area contributed by atoms with Crippen molar-refractivity contribution in [3.8, 4) is 5.75 Å². The second kappa shape index (κ2) is 7.96. The summed E-state index contributed by atoms with van der Waals surface area (Å²) in [6.07, 6.45) is 6.88. The van der Waals surface area contributed by atoms with Crippen LogP contribution in [0.1, 0.15) is 45.1 Å². The minimum atomic E-state index is -1.51. The van der Waals surface area contributed by atoms with E-state index in [4.69, 9.17) is 9.47 Å². The fourth-order valence-corrected chi connectivity index (χ4v) is 8.36. The molecule has 2 saturated carbocycles. The van der Waals surface area contributed by atoms with Crippen LogP contribution >= 0.6 is 0 Å². The molecule has 3 fully saturated rings. The standard InChI is InChI=1S/C28H37N3O5/c1-5-26-11-6-13-31-14-12-27(23(26)31)20-10-9-19(35-4)15-21(20)30(3)24(27)28(34,25(26)36-17(2)32)16-29-22(33)18-7-8-18/h6,9-11,15,18,23-25,34H,5,7-8,12-14,16H2,1-4H3,(H,29,33)/t23?,24-,25-,26-,27-,28?/m1/s1. The number of hydrogen-bond donors (Lipinski definition) is 2. The smallest absolute Gasteiger partial charge is 0.303 e. The summed E-state index contributed by atoms with van der Waals surface area (Å²) in [4.78, 5) is 30.0. The van der Waals surface area contributed by atoms with E-state index in [9.17, 15) is 14.7 Å². The van der Waals surface area contributed by atoms with Gasteiger partial charge in [-0.2, -0.15) is 0 Å². The number of fused-ring (bicyclic) bond motifs is 1. The number of methoxy groups -OCH3 is 1. The summed E-state index contributed by atoms with van der Waals surface area (Å²) in [6.45, 7) is 5.28. The van der Waals surface area contributed by atoms with Gasteiger partial charge in [0.05, 0.1) is 19.7 Å². The highest BCUT2D eigenvalue weighted by atomic mass is 16.6. The van der Waals surface area contributed by atoms with E-state index in [1.165, 1.54) is 12.5 Å². The summed E-state index contributed by atoms with van der Waals surface area (Å²) in [5.41, 5.74) is -0.284. The number of benzene rings is 1. The van der Waals surface area contributed by atoms with Crippen molar-refractivity contribution in [3.63, 3.8) is 0 Å². The maximum atomic E-state index is 12.9. The molecule has 1 aromatic carbocycles. The van der Waals surface area contributed by atoms with Crippen molar-refractivity contribution < 1.29 is 24.2 Å². The highest BCUT2D eigenvalue weighted by Gasteiger charge is 2.77. The molecule has 6 atom stereocenters. The Hall–Kier alpha value is -2.58. The number of esters is 1. The predicted octanol–water partition coefficient (Wildman–Crippen LogP) is 1.99. The lowest BCUT2D eigenvalue weighted by atomic mass is 9.47. The lowest BCUT2D eigenvalue weighted by Gasteiger charge is -2.64. The molecule has 0 radical (unpaired) electrons. The molecule has 2 unspecified atom stereocenters. The maximum absolute atomic E-state index is 12.9. The van der Waals surface area contributed by atoms with Gasteiger partial charge in [0.2, 0.25) is 5.91 Å². The zero-order chi connectivity index (χ0) is 25.5. The van der Waals surface area contributed by atoms with E-state index in [0.717, 1.165) is 43.8 Å². The Morgan fingerprint density at radius 2 is 2.03 bits per heavy atom. The molecule has 1 saturated heterocycles. The summed E-state index contributed by atoms with van der Waals surface area (Å²) < 4.78 is 11.7. The molecule has 8 nitrogen and oxygen atoms in total. The fraction of sp³-hybridized carbons (Fsp3) is 0.643. The Balaban J connectivity index is 1.58. The highest BCUT2D eigenvalue weighted by Crippen LogP contribution is 2.67. The van der Waals surface area contributed by atoms with Crippen LogP contribution in [0.4, 0.5) is 5.69 Å². The van der Waals surface area contributed by atoms with E-state index in [1.54, 1.807) is 7.11 Å². The molecule has 8 heteroatoms. The third-order valence-corrected chi connectivity index (χ3v) is 9.71. The molecule has 1 amide bonds. The third kappa shape index (κ3) is 2.94. The van der Waals surface area contributed by atoms with Gasteiger partial charge in [-0.15, -0.1) is 0 Å². The van der Waals surface area contributed by atoms with Crippen LogP contribution < -0.4 is 15.0 Å². The molecule has 36 heavy (non-hydrogen) atoms. The third-order valence-electron chi connectivity index (χ3n) is 9.71. The average Bonchev–Trinajstić information content (AvgIpc) is 3.61. The minimum Gasteiger partial charge on any atom is -0.497 e. The van der Waals surface area contributed by atoms with Crippen LogP contribution in [0.15, 0.2) is 30.4 Å². The summed E-state index contributed by atoms with van der Waals surface area (Å²) in [5, 5.41) is 16.0. The van der Waals surface area contributed by atoms with Crippen LogP contribution in [-0.2, 0) is 19.7 Å². The number of anilines is 1. The van der Waals surface area contributed by atoms with E-state index in [-0.39, 0.29) is 24.4 Å². The first-order valence-corrected chi connectivity index (χ1v) is 13.2. The molecule has 1 spiro atoms. The number of rotatable bonds is 6.